The van der Waals surface area contributed by atoms with Crippen molar-refractivity contribution in [3.63, 3.8) is 0 Å². The smallest absolute Gasteiger partial charge is 0.363 e. The van der Waals surface area contributed by atoms with Crippen molar-refractivity contribution in [3.8, 4) is 11.5 Å². The third-order valence-electron chi connectivity index (χ3n) is 5.18. The molecule has 1 heterocycles. The van der Waals surface area contributed by atoms with Crippen molar-refractivity contribution in [2.75, 3.05) is 7.11 Å². The van der Waals surface area contributed by atoms with Gasteiger partial charge >= 0.3 is 5.97 Å². The molecule has 1 aliphatic rings. The molecule has 0 saturated heterocycles. The van der Waals surface area contributed by atoms with E-state index < -0.39 is 10.9 Å². The zero-order valence-corrected chi connectivity index (χ0v) is 19.9. The topological polar surface area (TPSA) is 100 Å². The molecule has 3 aromatic rings. The van der Waals surface area contributed by atoms with Crippen LogP contribution in [0.1, 0.15) is 22.3 Å². The number of nitro benzene ring substituents is 1. The molecule has 0 aromatic heterocycles. The predicted octanol–water partition coefficient (Wildman–Crippen LogP) is 5.60. The van der Waals surface area contributed by atoms with Gasteiger partial charge in [0.1, 0.15) is 6.61 Å². The monoisotopic (exact) mass is 522 g/mol. The molecule has 3 aromatic carbocycles. The SMILES string of the molecule is COc1cc(/C=C2\N=C(c3cccc([N+](=O)[O-])c3C)OC2=O)ccc1OCc1ccccc1Br. The molecule has 0 atom stereocenters. The molecular formula is C25H19BrN2O6. The number of halogens is 1. The van der Waals surface area contributed by atoms with Gasteiger partial charge in [0.2, 0.25) is 5.90 Å². The van der Waals surface area contributed by atoms with Gasteiger partial charge in [0.05, 0.1) is 12.0 Å². The molecule has 0 bridgehead atoms. The van der Waals surface area contributed by atoms with E-state index in [4.69, 9.17) is 14.2 Å². The van der Waals surface area contributed by atoms with Crippen LogP contribution < -0.4 is 9.47 Å². The number of nitro groups is 1. The summed E-state index contributed by atoms with van der Waals surface area (Å²) in [7, 11) is 1.53. The fourth-order valence-corrected chi connectivity index (χ4v) is 3.80. The molecule has 34 heavy (non-hydrogen) atoms. The first-order chi connectivity index (χ1) is 16.4. The Morgan fingerprint density at radius 3 is 2.65 bits per heavy atom. The van der Waals surface area contributed by atoms with Crippen molar-refractivity contribution < 1.29 is 23.9 Å². The molecular weight excluding hydrogens is 504 g/mol. The van der Waals surface area contributed by atoms with Gasteiger partial charge in [-0.2, -0.15) is 0 Å². The average molecular weight is 523 g/mol. The van der Waals surface area contributed by atoms with Gasteiger partial charge in [0, 0.05) is 27.2 Å². The quantitative estimate of drug-likeness (QED) is 0.173. The fourth-order valence-electron chi connectivity index (χ4n) is 3.40. The molecule has 0 radical (unpaired) electrons. The van der Waals surface area contributed by atoms with E-state index in [1.807, 2.05) is 24.3 Å². The maximum atomic E-state index is 12.4. The molecule has 8 nitrogen and oxygen atoms in total. The summed E-state index contributed by atoms with van der Waals surface area (Å²) < 4.78 is 17.6. The van der Waals surface area contributed by atoms with Crippen LogP contribution in [0.25, 0.3) is 6.08 Å². The molecule has 9 heteroatoms. The Bertz CT molecular complexity index is 1350. The van der Waals surface area contributed by atoms with Gasteiger partial charge in [-0.05, 0) is 42.8 Å². The van der Waals surface area contributed by atoms with Crippen LogP contribution in [-0.2, 0) is 16.1 Å². The van der Waals surface area contributed by atoms with Crippen LogP contribution in [0.5, 0.6) is 11.5 Å². The first kappa shape index (κ1) is 23.2. The maximum absolute atomic E-state index is 12.4. The van der Waals surface area contributed by atoms with Gasteiger partial charge in [0.15, 0.2) is 17.2 Å². The number of methoxy groups -OCH3 is 1. The normalized spacial score (nSPS) is 14.0. The predicted molar refractivity (Wildman–Crippen MR) is 130 cm³/mol. The summed E-state index contributed by atoms with van der Waals surface area (Å²) in [6.45, 7) is 1.93. The summed E-state index contributed by atoms with van der Waals surface area (Å²) in [6, 6.07) is 17.5. The molecule has 0 amide bonds. The van der Waals surface area contributed by atoms with Crippen molar-refractivity contribution in [1.29, 1.82) is 0 Å². The van der Waals surface area contributed by atoms with E-state index in [1.165, 1.54) is 19.2 Å². The van der Waals surface area contributed by atoms with Crippen molar-refractivity contribution in [2.24, 2.45) is 4.99 Å². The minimum atomic E-state index is -0.644. The first-order valence-electron chi connectivity index (χ1n) is 10.2. The number of hydrogen-bond donors (Lipinski definition) is 0. The Morgan fingerprint density at radius 1 is 1.12 bits per heavy atom. The van der Waals surface area contributed by atoms with Crippen molar-refractivity contribution in [3.05, 3.63) is 103 Å². The minimum Gasteiger partial charge on any atom is -0.493 e. The second kappa shape index (κ2) is 9.88. The highest BCUT2D eigenvalue weighted by molar-refractivity contribution is 9.10. The van der Waals surface area contributed by atoms with E-state index in [-0.39, 0.29) is 17.3 Å². The number of carbonyl (C=O) groups is 1. The highest BCUT2D eigenvalue weighted by atomic mass is 79.9. The number of aliphatic imine (C=N–C) groups is 1. The van der Waals surface area contributed by atoms with Gasteiger partial charge in [-0.1, -0.05) is 46.3 Å². The summed E-state index contributed by atoms with van der Waals surface area (Å²) in [5.41, 5.74) is 2.40. The molecule has 1 aliphatic heterocycles. The zero-order chi connectivity index (χ0) is 24.2. The first-order valence-corrected chi connectivity index (χ1v) is 11.0. The third-order valence-corrected chi connectivity index (χ3v) is 5.96. The zero-order valence-electron chi connectivity index (χ0n) is 18.3. The second-order valence-electron chi connectivity index (χ2n) is 7.33. The number of ether oxygens (including phenoxy) is 3. The Labute approximate surface area is 203 Å². The largest absolute Gasteiger partial charge is 0.493 e. The molecule has 172 valence electrons. The lowest BCUT2D eigenvalue weighted by Crippen LogP contribution is -2.08. The third kappa shape index (κ3) is 4.84. The number of nitrogens with zero attached hydrogens (tertiary/aromatic N) is 2. The molecule has 0 spiro atoms. The lowest BCUT2D eigenvalue weighted by molar-refractivity contribution is -0.385. The van der Waals surface area contributed by atoms with Gasteiger partial charge in [0.25, 0.3) is 5.69 Å². The average Bonchev–Trinajstić information content (AvgIpc) is 3.18. The van der Waals surface area contributed by atoms with Crippen LogP contribution in [0.3, 0.4) is 0 Å². The number of rotatable bonds is 7. The summed E-state index contributed by atoms with van der Waals surface area (Å²) in [4.78, 5) is 27.4. The van der Waals surface area contributed by atoms with Crippen LogP contribution >= 0.6 is 15.9 Å². The second-order valence-corrected chi connectivity index (χ2v) is 8.19. The van der Waals surface area contributed by atoms with Crippen LogP contribution in [0.4, 0.5) is 5.69 Å². The van der Waals surface area contributed by atoms with Gasteiger partial charge in [-0.25, -0.2) is 9.79 Å². The highest BCUT2D eigenvalue weighted by Gasteiger charge is 2.27. The molecule has 0 aliphatic carbocycles. The van der Waals surface area contributed by atoms with E-state index >= 15 is 0 Å². The van der Waals surface area contributed by atoms with Gasteiger partial charge in [-0.3, -0.25) is 10.1 Å². The minimum absolute atomic E-state index is 0.0257. The molecule has 0 fully saturated rings. The van der Waals surface area contributed by atoms with Crippen LogP contribution in [0, 0.1) is 17.0 Å². The van der Waals surface area contributed by atoms with Crippen LogP contribution in [0.2, 0.25) is 0 Å². The highest BCUT2D eigenvalue weighted by Crippen LogP contribution is 2.31. The van der Waals surface area contributed by atoms with E-state index in [1.54, 1.807) is 37.3 Å². The standard InChI is InChI=1S/C25H19BrN2O6/c1-15-18(7-5-9-21(15)28(30)31)24-27-20(25(29)34-24)12-16-10-11-22(23(13-16)32-2)33-14-17-6-3-4-8-19(17)26/h3-13H,14H2,1-2H3/b20-12-. The van der Waals surface area contributed by atoms with Crippen molar-refractivity contribution in [1.82, 2.24) is 0 Å². The number of hydrogen-bond acceptors (Lipinski definition) is 7. The molecule has 4 rings (SSSR count). The lowest BCUT2D eigenvalue weighted by Gasteiger charge is -2.12. The number of cyclic esters (lactones) is 1. The number of carbonyl (C=O) groups excluding carboxylic acids is 1. The van der Waals surface area contributed by atoms with Crippen LogP contribution in [-0.4, -0.2) is 23.9 Å². The Morgan fingerprint density at radius 2 is 1.91 bits per heavy atom. The van der Waals surface area contributed by atoms with Crippen LogP contribution in [0.15, 0.2) is 75.8 Å². The Kier molecular flexibility index (Phi) is 6.74. The Balaban J connectivity index is 1.58. The van der Waals surface area contributed by atoms with Gasteiger partial charge < -0.3 is 14.2 Å². The summed E-state index contributed by atoms with van der Waals surface area (Å²) in [5, 5.41) is 11.2. The Hall–Kier alpha value is -3.98. The summed E-state index contributed by atoms with van der Waals surface area (Å²) in [5.74, 6) is 0.421. The van der Waals surface area contributed by atoms with E-state index in [2.05, 4.69) is 20.9 Å². The molecule has 0 unspecified atom stereocenters. The van der Waals surface area contributed by atoms with Gasteiger partial charge in [-0.15, -0.1) is 0 Å². The van der Waals surface area contributed by atoms with Crippen molar-refractivity contribution in [2.45, 2.75) is 13.5 Å². The lowest BCUT2D eigenvalue weighted by atomic mass is 10.1. The number of esters is 1. The fraction of sp³-hybridized carbons (Fsp3) is 0.120. The molecule has 0 N–H and O–H groups in total. The summed E-state index contributed by atoms with van der Waals surface area (Å²) in [6.07, 6.45) is 1.56. The van der Waals surface area contributed by atoms with E-state index in [9.17, 15) is 14.9 Å². The van der Waals surface area contributed by atoms with E-state index in [0.717, 1.165) is 10.0 Å². The number of benzene rings is 3. The van der Waals surface area contributed by atoms with Crippen molar-refractivity contribution >= 4 is 39.6 Å². The summed E-state index contributed by atoms with van der Waals surface area (Å²) >= 11 is 3.50. The molecule has 0 saturated carbocycles. The van der Waals surface area contributed by atoms with E-state index in [0.29, 0.717) is 34.8 Å². The maximum Gasteiger partial charge on any atom is 0.363 e.